The van der Waals surface area contributed by atoms with Crippen LogP contribution in [0.2, 0.25) is 0 Å². The molecule has 130 valence electrons. The van der Waals surface area contributed by atoms with Crippen LogP contribution >= 0.6 is 0 Å². The lowest BCUT2D eigenvalue weighted by Crippen LogP contribution is -2.34. The zero-order valence-electron chi connectivity index (χ0n) is 12.3. The number of aromatic nitrogens is 3. The summed E-state index contributed by atoms with van der Waals surface area (Å²) < 4.78 is 56.1. The molecule has 0 radical (unpaired) electrons. The van der Waals surface area contributed by atoms with Crippen molar-refractivity contribution in [3.63, 3.8) is 0 Å². The van der Waals surface area contributed by atoms with Crippen LogP contribution in [0, 0.1) is 0 Å². The second kappa shape index (κ2) is 7.75. The van der Waals surface area contributed by atoms with Gasteiger partial charge < -0.3 is 10.1 Å². The van der Waals surface area contributed by atoms with E-state index in [1.807, 2.05) is 0 Å². The van der Waals surface area contributed by atoms with Crippen LogP contribution in [0.4, 0.5) is 17.6 Å². The Hall–Kier alpha value is -2.65. The summed E-state index contributed by atoms with van der Waals surface area (Å²) in [4.78, 5) is 12.0. The molecule has 2 rings (SSSR count). The number of carbonyl (C=O) groups excluding carboxylic acids is 1. The molecular weight excluding hydrogens is 332 g/mol. The molecule has 10 heteroatoms. The Balaban J connectivity index is 1.94. The molecule has 1 aromatic carbocycles. The molecule has 0 unspecified atom stereocenters. The largest absolute Gasteiger partial charge is 0.461 e. The molecule has 1 amide bonds. The smallest absolute Gasteiger partial charge is 0.427 e. The molecule has 0 aliphatic rings. The maximum Gasteiger partial charge on any atom is 0.461 e. The van der Waals surface area contributed by atoms with Crippen LogP contribution in [-0.2, 0) is 6.54 Å². The average molecular weight is 346 g/mol. The summed E-state index contributed by atoms with van der Waals surface area (Å²) in [6.45, 7) is 0.736. The topological polar surface area (TPSA) is 69.0 Å². The van der Waals surface area contributed by atoms with Gasteiger partial charge in [0.15, 0.2) is 0 Å². The second-order valence-corrected chi connectivity index (χ2v) is 4.74. The molecule has 0 bridgehead atoms. The van der Waals surface area contributed by atoms with Crippen molar-refractivity contribution in [3.05, 3.63) is 42.2 Å². The fourth-order valence-corrected chi connectivity index (χ4v) is 1.82. The standard InChI is InChI=1S/C14H14F4N4O2/c15-13(16)14(17,18)24-11-5-2-1-4-10(11)12(23)19-6-3-8-22-9-7-20-21-22/h1-2,4-5,7,9,13H,3,6,8H2,(H,19,23). The molecule has 1 aromatic heterocycles. The van der Waals surface area contributed by atoms with Gasteiger partial charge in [-0.25, -0.2) is 0 Å². The molecule has 1 N–H and O–H groups in total. The van der Waals surface area contributed by atoms with E-state index < -0.39 is 24.2 Å². The number of aryl methyl sites for hydroxylation is 1. The number of amides is 1. The third-order valence-electron chi connectivity index (χ3n) is 2.95. The van der Waals surface area contributed by atoms with E-state index in [2.05, 4.69) is 20.4 Å². The van der Waals surface area contributed by atoms with Crippen molar-refractivity contribution in [2.24, 2.45) is 0 Å². The minimum atomic E-state index is -4.68. The molecule has 0 spiro atoms. The number of ether oxygens (including phenoxy) is 1. The van der Waals surface area contributed by atoms with Gasteiger partial charge in [0.2, 0.25) is 0 Å². The highest BCUT2D eigenvalue weighted by Crippen LogP contribution is 2.29. The van der Waals surface area contributed by atoms with Crippen LogP contribution in [0.15, 0.2) is 36.7 Å². The molecule has 2 aromatic rings. The van der Waals surface area contributed by atoms with Crippen LogP contribution in [0.25, 0.3) is 0 Å². The van der Waals surface area contributed by atoms with Crippen molar-refractivity contribution in [1.29, 1.82) is 0 Å². The van der Waals surface area contributed by atoms with Crippen molar-refractivity contribution in [2.75, 3.05) is 6.54 Å². The Kier molecular flexibility index (Phi) is 5.72. The van der Waals surface area contributed by atoms with Crippen molar-refractivity contribution in [3.8, 4) is 5.75 Å². The zero-order valence-corrected chi connectivity index (χ0v) is 12.3. The van der Waals surface area contributed by atoms with E-state index in [0.717, 1.165) is 6.07 Å². The van der Waals surface area contributed by atoms with Crippen LogP contribution in [-0.4, -0.2) is 40.0 Å². The molecule has 6 nitrogen and oxygen atoms in total. The highest BCUT2D eigenvalue weighted by atomic mass is 19.3. The van der Waals surface area contributed by atoms with E-state index in [0.29, 0.717) is 13.0 Å². The summed E-state index contributed by atoms with van der Waals surface area (Å²) >= 11 is 0. The SMILES string of the molecule is O=C(NCCCn1ccnn1)c1ccccc1OC(F)(F)C(F)F. The summed E-state index contributed by atoms with van der Waals surface area (Å²) in [6, 6.07) is 4.96. The maximum atomic E-state index is 13.0. The molecule has 24 heavy (non-hydrogen) atoms. The van der Waals surface area contributed by atoms with Crippen molar-refractivity contribution in [2.45, 2.75) is 25.5 Å². The average Bonchev–Trinajstić information content (AvgIpc) is 3.04. The summed E-state index contributed by atoms with van der Waals surface area (Å²) in [7, 11) is 0. The third kappa shape index (κ3) is 4.67. The number of rotatable bonds is 8. The molecular formula is C14H14F4N4O2. The first-order valence-electron chi connectivity index (χ1n) is 6.96. The normalized spacial score (nSPS) is 11.5. The lowest BCUT2D eigenvalue weighted by molar-refractivity contribution is -0.253. The predicted molar refractivity (Wildman–Crippen MR) is 75.0 cm³/mol. The lowest BCUT2D eigenvalue weighted by atomic mass is 10.2. The van der Waals surface area contributed by atoms with Crippen LogP contribution in [0.3, 0.4) is 0 Å². The first kappa shape index (κ1) is 17.7. The van der Waals surface area contributed by atoms with Crippen LogP contribution in [0.5, 0.6) is 5.75 Å². The van der Waals surface area contributed by atoms with Crippen LogP contribution in [0.1, 0.15) is 16.8 Å². The van der Waals surface area contributed by atoms with Gasteiger partial charge in [-0.1, -0.05) is 17.3 Å². The summed E-state index contributed by atoms with van der Waals surface area (Å²) in [5, 5.41) is 9.87. The number of halogens is 4. The Bertz CT molecular complexity index is 665. The molecule has 0 aliphatic carbocycles. The fraction of sp³-hybridized carbons (Fsp3) is 0.357. The van der Waals surface area contributed by atoms with Gasteiger partial charge in [0.05, 0.1) is 11.8 Å². The number of hydrogen-bond acceptors (Lipinski definition) is 4. The lowest BCUT2D eigenvalue weighted by Gasteiger charge is -2.18. The quantitative estimate of drug-likeness (QED) is 0.588. The van der Waals surface area contributed by atoms with E-state index in [-0.39, 0.29) is 12.1 Å². The van der Waals surface area contributed by atoms with E-state index in [1.54, 1.807) is 10.9 Å². The third-order valence-corrected chi connectivity index (χ3v) is 2.95. The highest BCUT2D eigenvalue weighted by Gasteiger charge is 2.44. The molecule has 0 fully saturated rings. The highest BCUT2D eigenvalue weighted by molar-refractivity contribution is 5.96. The van der Waals surface area contributed by atoms with Crippen molar-refractivity contribution >= 4 is 5.91 Å². The summed E-state index contributed by atoms with van der Waals surface area (Å²) in [6.07, 6.45) is -5.00. The van der Waals surface area contributed by atoms with Crippen molar-refractivity contribution < 1.29 is 27.1 Å². The Morgan fingerprint density at radius 2 is 2.08 bits per heavy atom. The van der Waals surface area contributed by atoms with Gasteiger partial charge in [-0.05, 0) is 18.6 Å². The monoisotopic (exact) mass is 346 g/mol. The maximum absolute atomic E-state index is 13.0. The molecule has 0 saturated heterocycles. The van der Waals surface area contributed by atoms with Crippen molar-refractivity contribution in [1.82, 2.24) is 20.3 Å². The number of carbonyl (C=O) groups is 1. The predicted octanol–water partition coefficient (Wildman–Crippen LogP) is 2.33. The Morgan fingerprint density at radius 1 is 1.33 bits per heavy atom. The molecule has 0 saturated carbocycles. The number of nitrogens with zero attached hydrogens (tertiary/aromatic N) is 3. The Labute approximate surface area is 134 Å². The van der Waals surface area contributed by atoms with Gasteiger partial charge in [0.25, 0.3) is 5.91 Å². The van der Waals surface area contributed by atoms with Gasteiger partial charge in [-0.15, -0.1) is 5.10 Å². The van der Waals surface area contributed by atoms with Gasteiger partial charge in [-0.2, -0.15) is 17.6 Å². The number of para-hydroxylation sites is 1. The van der Waals surface area contributed by atoms with Gasteiger partial charge >= 0.3 is 12.5 Å². The van der Waals surface area contributed by atoms with E-state index in [4.69, 9.17) is 0 Å². The molecule has 0 atom stereocenters. The number of hydrogen-bond donors (Lipinski definition) is 1. The summed E-state index contributed by atoms with van der Waals surface area (Å²) in [5.41, 5.74) is -0.251. The number of nitrogens with one attached hydrogen (secondary N) is 1. The summed E-state index contributed by atoms with van der Waals surface area (Å²) in [5.74, 6) is -1.31. The van der Waals surface area contributed by atoms with Gasteiger partial charge in [0.1, 0.15) is 5.75 Å². The first-order valence-corrected chi connectivity index (χ1v) is 6.96. The fourth-order valence-electron chi connectivity index (χ4n) is 1.82. The Morgan fingerprint density at radius 3 is 2.75 bits per heavy atom. The molecule has 1 heterocycles. The van der Waals surface area contributed by atoms with E-state index in [1.165, 1.54) is 24.4 Å². The zero-order chi connectivity index (χ0) is 17.6. The van der Waals surface area contributed by atoms with Gasteiger partial charge in [-0.3, -0.25) is 9.48 Å². The minimum absolute atomic E-state index is 0.234. The number of benzene rings is 1. The van der Waals surface area contributed by atoms with Crippen LogP contribution < -0.4 is 10.1 Å². The van der Waals surface area contributed by atoms with E-state index >= 15 is 0 Å². The number of alkyl halides is 4. The van der Waals surface area contributed by atoms with Gasteiger partial charge in [0, 0.05) is 19.3 Å². The first-order chi connectivity index (χ1) is 11.4. The molecule has 0 aliphatic heterocycles. The second-order valence-electron chi connectivity index (χ2n) is 4.74. The minimum Gasteiger partial charge on any atom is -0.427 e. The van der Waals surface area contributed by atoms with E-state index in [9.17, 15) is 22.4 Å².